The molecule has 0 aliphatic carbocycles. The molecule has 0 spiro atoms. The Balaban J connectivity index is 1.89. The number of anilines is 1. The van der Waals surface area contributed by atoms with E-state index in [1.807, 2.05) is 24.3 Å². The predicted molar refractivity (Wildman–Crippen MR) is 76.3 cm³/mol. The zero-order chi connectivity index (χ0) is 13.7. The Morgan fingerprint density at radius 3 is 2.74 bits per heavy atom. The first-order valence-corrected chi connectivity index (χ1v) is 6.85. The molecule has 1 saturated heterocycles. The fourth-order valence-electron chi connectivity index (χ4n) is 2.36. The second-order valence-corrected chi connectivity index (χ2v) is 5.09. The lowest BCUT2D eigenvalue weighted by Crippen LogP contribution is -2.32. The third-order valence-corrected chi connectivity index (χ3v) is 3.45. The number of likely N-dealkylation sites (N-methyl/N-ethyl adjacent to an activating group) is 1. The number of rotatable bonds is 4. The van der Waals surface area contributed by atoms with Crippen LogP contribution in [-0.2, 0) is 16.0 Å². The Morgan fingerprint density at radius 1 is 1.37 bits per heavy atom. The van der Waals surface area contributed by atoms with Crippen molar-refractivity contribution in [2.75, 3.05) is 19.0 Å². The highest BCUT2D eigenvalue weighted by atomic mass is 16.5. The molecule has 2 N–H and O–H groups in total. The molecule has 1 aliphatic heterocycles. The van der Waals surface area contributed by atoms with Gasteiger partial charge in [0.15, 0.2) is 0 Å². The van der Waals surface area contributed by atoms with E-state index in [1.165, 1.54) is 0 Å². The van der Waals surface area contributed by atoms with Gasteiger partial charge < -0.3 is 15.4 Å². The zero-order valence-corrected chi connectivity index (χ0v) is 11.6. The monoisotopic (exact) mass is 262 g/mol. The van der Waals surface area contributed by atoms with Gasteiger partial charge >= 0.3 is 0 Å². The van der Waals surface area contributed by atoms with Crippen LogP contribution in [0, 0.1) is 0 Å². The Kier molecular flexibility index (Phi) is 4.80. The molecule has 4 nitrogen and oxygen atoms in total. The van der Waals surface area contributed by atoms with Gasteiger partial charge in [0.2, 0.25) is 5.91 Å². The molecule has 1 amide bonds. The van der Waals surface area contributed by atoms with Crippen LogP contribution in [0.15, 0.2) is 24.3 Å². The van der Waals surface area contributed by atoms with Crippen LogP contribution >= 0.6 is 0 Å². The van der Waals surface area contributed by atoms with Gasteiger partial charge in [-0.3, -0.25) is 4.79 Å². The molecule has 19 heavy (non-hydrogen) atoms. The summed E-state index contributed by atoms with van der Waals surface area (Å²) in [6, 6.07) is 8.56. The summed E-state index contributed by atoms with van der Waals surface area (Å²) in [6.07, 6.45) is 2.86. The predicted octanol–water partition coefficient (Wildman–Crippen LogP) is 1.95. The van der Waals surface area contributed by atoms with Crippen LogP contribution in [0.3, 0.4) is 0 Å². The van der Waals surface area contributed by atoms with Crippen LogP contribution < -0.4 is 10.6 Å². The number of nitrogens with one attached hydrogen (secondary N) is 2. The van der Waals surface area contributed by atoms with Crippen molar-refractivity contribution in [2.45, 2.75) is 38.3 Å². The van der Waals surface area contributed by atoms with E-state index in [2.05, 4.69) is 17.6 Å². The van der Waals surface area contributed by atoms with Crippen LogP contribution in [0.4, 0.5) is 5.69 Å². The van der Waals surface area contributed by atoms with Gasteiger partial charge in [0.05, 0.1) is 12.5 Å². The molecular formula is C15H22N2O2. The highest BCUT2D eigenvalue weighted by molar-refractivity contribution is 5.78. The van der Waals surface area contributed by atoms with Crippen molar-refractivity contribution in [1.82, 2.24) is 5.32 Å². The summed E-state index contributed by atoms with van der Waals surface area (Å²) in [5.74, 6) is 0.0407. The summed E-state index contributed by atoms with van der Waals surface area (Å²) in [5, 5.41) is 6.16. The average molecular weight is 262 g/mol. The van der Waals surface area contributed by atoms with Gasteiger partial charge in [-0.05, 0) is 37.5 Å². The second-order valence-electron chi connectivity index (χ2n) is 5.09. The van der Waals surface area contributed by atoms with E-state index in [4.69, 9.17) is 4.74 Å². The normalized spacial score (nSPS) is 22.8. The van der Waals surface area contributed by atoms with Crippen LogP contribution in [0.1, 0.15) is 25.3 Å². The molecular weight excluding hydrogens is 240 g/mol. The van der Waals surface area contributed by atoms with E-state index in [9.17, 15) is 4.79 Å². The average Bonchev–Trinajstić information content (AvgIpc) is 2.41. The first-order chi connectivity index (χ1) is 9.17. The number of ether oxygens (including phenoxy) is 1. The standard InChI is InChI=1S/C15H22N2O2/c1-11-9-14(7-8-19-11)17-13-5-3-12(4-6-13)10-15(18)16-2/h3-6,11,14,17H,7-10H2,1-2H3,(H,16,18). The summed E-state index contributed by atoms with van der Waals surface area (Å²) >= 11 is 0. The first-order valence-electron chi connectivity index (χ1n) is 6.85. The molecule has 2 atom stereocenters. The molecule has 1 aliphatic rings. The molecule has 0 aromatic heterocycles. The molecule has 1 heterocycles. The van der Waals surface area contributed by atoms with E-state index in [0.29, 0.717) is 18.6 Å². The third-order valence-electron chi connectivity index (χ3n) is 3.45. The van der Waals surface area contributed by atoms with E-state index < -0.39 is 0 Å². The molecule has 1 aromatic rings. The minimum Gasteiger partial charge on any atom is -0.382 e. The van der Waals surface area contributed by atoms with Gasteiger partial charge in [-0.15, -0.1) is 0 Å². The number of amides is 1. The fourth-order valence-corrected chi connectivity index (χ4v) is 2.36. The number of benzene rings is 1. The zero-order valence-electron chi connectivity index (χ0n) is 11.6. The fraction of sp³-hybridized carbons (Fsp3) is 0.533. The quantitative estimate of drug-likeness (QED) is 0.872. The number of hydrogen-bond donors (Lipinski definition) is 2. The summed E-state index contributed by atoms with van der Waals surface area (Å²) in [6.45, 7) is 2.94. The van der Waals surface area contributed by atoms with E-state index in [-0.39, 0.29) is 5.91 Å². The maximum atomic E-state index is 11.3. The highest BCUT2D eigenvalue weighted by Crippen LogP contribution is 2.19. The lowest BCUT2D eigenvalue weighted by molar-refractivity contribution is -0.119. The summed E-state index contributed by atoms with van der Waals surface area (Å²) < 4.78 is 5.54. The van der Waals surface area contributed by atoms with Crippen molar-refractivity contribution < 1.29 is 9.53 Å². The van der Waals surface area contributed by atoms with Crippen LogP contribution in [-0.4, -0.2) is 31.7 Å². The van der Waals surface area contributed by atoms with Crippen molar-refractivity contribution in [1.29, 1.82) is 0 Å². The first kappa shape index (κ1) is 13.9. The van der Waals surface area contributed by atoms with Crippen molar-refractivity contribution in [3.05, 3.63) is 29.8 Å². The van der Waals surface area contributed by atoms with E-state index >= 15 is 0 Å². The van der Waals surface area contributed by atoms with Crippen LogP contribution in [0.25, 0.3) is 0 Å². The lowest BCUT2D eigenvalue weighted by Gasteiger charge is -2.28. The molecule has 1 fully saturated rings. The Bertz CT molecular complexity index is 417. The lowest BCUT2D eigenvalue weighted by atomic mass is 10.0. The van der Waals surface area contributed by atoms with Crippen molar-refractivity contribution in [3.8, 4) is 0 Å². The van der Waals surface area contributed by atoms with E-state index in [0.717, 1.165) is 30.7 Å². The smallest absolute Gasteiger partial charge is 0.224 e. The van der Waals surface area contributed by atoms with Gasteiger partial charge in [-0.25, -0.2) is 0 Å². The van der Waals surface area contributed by atoms with Gasteiger partial charge in [-0.1, -0.05) is 12.1 Å². The summed E-state index contributed by atoms with van der Waals surface area (Å²) in [4.78, 5) is 11.3. The molecule has 2 unspecified atom stereocenters. The topological polar surface area (TPSA) is 50.4 Å². The molecule has 2 rings (SSSR count). The Labute approximate surface area is 114 Å². The second kappa shape index (κ2) is 6.57. The van der Waals surface area contributed by atoms with Crippen molar-refractivity contribution in [3.63, 3.8) is 0 Å². The van der Waals surface area contributed by atoms with Crippen LogP contribution in [0.5, 0.6) is 0 Å². The number of hydrogen-bond acceptors (Lipinski definition) is 3. The third kappa shape index (κ3) is 4.24. The summed E-state index contributed by atoms with van der Waals surface area (Å²) in [5.41, 5.74) is 2.14. The molecule has 0 radical (unpaired) electrons. The molecule has 1 aromatic carbocycles. The minimum absolute atomic E-state index is 0.0407. The van der Waals surface area contributed by atoms with Crippen LogP contribution in [0.2, 0.25) is 0 Å². The van der Waals surface area contributed by atoms with Gasteiger partial charge in [0.1, 0.15) is 0 Å². The molecule has 0 saturated carbocycles. The SMILES string of the molecule is CNC(=O)Cc1ccc(NC2CCOC(C)C2)cc1. The van der Waals surface area contributed by atoms with E-state index in [1.54, 1.807) is 7.05 Å². The van der Waals surface area contributed by atoms with Gasteiger partial charge in [0, 0.05) is 25.4 Å². The molecule has 104 valence electrons. The number of carbonyl (C=O) groups is 1. The maximum Gasteiger partial charge on any atom is 0.224 e. The minimum atomic E-state index is 0.0407. The maximum absolute atomic E-state index is 11.3. The van der Waals surface area contributed by atoms with Gasteiger partial charge in [0.25, 0.3) is 0 Å². The summed E-state index contributed by atoms with van der Waals surface area (Å²) in [7, 11) is 1.66. The Morgan fingerprint density at radius 2 is 2.11 bits per heavy atom. The van der Waals surface area contributed by atoms with Crippen molar-refractivity contribution >= 4 is 11.6 Å². The molecule has 0 bridgehead atoms. The number of carbonyl (C=O) groups excluding carboxylic acids is 1. The molecule has 4 heteroatoms. The Hall–Kier alpha value is -1.55. The van der Waals surface area contributed by atoms with Gasteiger partial charge in [-0.2, -0.15) is 0 Å². The largest absolute Gasteiger partial charge is 0.382 e. The van der Waals surface area contributed by atoms with Crippen molar-refractivity contribution in [2.24, 2.45) is 0 Å². The highest BCUT2D eigenvalue weighted by Gasteiger charge is 2.18.